The highest BCUT2D eigenvalue weighted by Crippen LogP contribution is 2.52. The molecule has 0 bridgehead atoms. The molecule has 1 aliphatic carbocycles. The number of hydrogen-bond acceptors (Lipinski definition) is 1. The first kappa shape index (κ1) is 14.4. The lowest BCUT2D eigenvalue weighted by atomic mass is 9.77. The second-order valence-corrected chi connectivity index (χ2v) is 7.10. The number of nitrogens with one attached hydrogen (secondary N) is 1. The monoisotopic (exact) mass is 349 g/mol. The summed E-state index contributed by atoms with van der Waals surface area (Å²) < 4.78 is 0. The van der Waals surface area contributed by atoms with Crippen molar-refractivity contribution in [2.45, 2.75) is 18.4 Å². The van der Waals surface area contributed by atoms with E-state index in [2.05, 4.69) is 23.5 Å². The second-order valence-electron chi connectivity index (χ2n) is 5.85. The number of rotatable bonds is 1. The molecule has 4 heteroatoms. The van der Waals surface area contributed by atoms with Crippen molar-refractivity contribution in [1.82, 2.24) is 0 Å². The Kier molecular flexibility index (Phi) is 3.60. The van der Waals surface area contributed by atoms with Crippen LogP contribution in [0.2, 0.25) is 15.1 Å². The van der Waals surface area contributed by atoms with Crippen molar-refractivity contribution in [2.24, 2.45) is 5.92 Å². The molecule has 1 nitrogen and oxygen atoms in total. The quantitative estimate of drug-likeness (QED) is 0.581. The zero-order valence-corrected chi connectivity index (χ0v) is 14.0. The van der Waals surface area contributed by atoms with Gasteiger partial charge in [-0.05, 0) is 41.7 Å². The van der Waals surface area contributed by atoms with Crippen molar-refractivity contribution in [3.8, 4) is 0 Å². The van der Waals surface area contributed by atoms with Gasteiger partial charge in [-0.2, -0.15) is 0 Å². The highest BCUT2D eigenvalue weighted by molar-refractivity contribution is 6.36. The summed E-state index contributed by atoms with van der Waals surface area (Å²) in [5.74, 6) is 0.760. The van der Waals surface area contributed by atoms with Gasteiger partial charge in [0.05, 0.1) is 16.8 Å². The van der Waals surface area contributed by atoms with E-state index < -0.39 is 0 Å². The Labute approximate surface area is 144 Å². The first-order valence-electron chi connectivity index (χ1n) is 7.31. The number of fused-ring (bicyclic) bond motifs is 3. The Morgan fingerprint density at radius 1 is 0.955 bits per heavy atom. The number of anilines is 1. The minimum absolute atomic E-state index is 0.153. The van der Waals surface area contributed by atoms with Crippen molar-refractivity contribution in [1.29, 1.82) is 0 Å². The fourth-order valence-electron chi connectivity index (χ4n) is 3.66. The minimum Gasteiger partial charge on any atom is -0.376 e. The number of allylic oxidation sites excluding steroid dienone is 2. The van der Waals surface area contributed by atoms with Crippen LogP contribution in [0, 0.1) is 5.92 Å². The molecule has 1 heterocycles. The van der Waals surface area contributed by atoms with E-state index in [1.54, 1.807) is 6.07 Å². The standard InChI is InChI=1S/C18H14Cl3N/c19-10-8-14-11-5-3-6-12(11)17(22-18(14)16(21)9-10)13-4-1-2-7-15(13)20/h1-5,7-9,11-12,17,22H,6H2/t11-,12-,17+/m1/s1. The third-order valence-electron chi connectivity index (χ3n) is 4.63. The average Bonchev–Trinajstić information content (AvgIpc) is 2.97. The molecule has 2 aromatic rings. The van der Waals surface area contributed by atoms with Gasteiger partial charge < -0.3 is 5.32 Å². The summed E-state index contributed by atoms with van der Waals surface area (Å²) in [7, 11) is 0. The minimum atomic E-state index is 0.153. The summed E-state index contributed by atoms with van der Waals surface area (Å²) in [4.78, 5) is 0. The molecule has 2 aromatic carbocycles. The van der Waals surface area contributed by atoms with E-state index in [-0.39, 0.29) is 6.04 Å². The van der Waals surface area contributed by atoms with Crippen molar-refractivity contribution >= 4 is 40.5 Å². The molecule has 0 fully saturated rings. The van der Waals surface area contributed by atoms with Crippen LogP contribution in [0.3, 0.4) is 0 Å². The van der Waals surface area contributed by atoms with Gasteiger partial charge in [0.15, 0.2) is 0 Å². The van der Waals surface area contributed by atoms with E-state index in [0.29, 0.717) is 21.9 Å². The second kappa shape index (κ2) is 5.49. The van der Waals surface area contributed by atoms with Crippen LogP contribution in [-0.2, 0) is 0 Å². The van der Waals surface area contributed by atoms with Gasteiger partial charge >= 0.3 is 0 Å². The van der Waals surface area contributed by atoms with Gasteiger partial charge in [-0.1, -0.05) is 65.2 Å². The molecule has 0 saturated carbocycles. The average molecular weight is 351 g/mol. The van der Waals surface area contributed by atoms with Crippen LogP contribution in [0.4, 0.5) is 5.69 Å². The largest absolute Gasteiger partial charge is 0.376 e. The number of benzene rings is 2. The lowest BCUT2D eigenvalue weighted by molar-refractivity contribution is 0.426. The molecule has 3 atom stereocenters. The van der Waals surface area contributed by atoms with Crippen molar-refractivity contribution in [2.75, 3.05) is 5.32 Å². The smallest absolute Gasteiger partial charge is 0.0655 e. The summed E-state index contributed by atoms with van der Waals surface area (Å²) in [6.45, 7) is 0. The summed E-state index contributed by atoms with van der Waals surface area (Å²) in [5.41, 5.74) is 3.28. The number of halogens is 3. The topological polar surface area (TPSA) is 12.0 Å². The predicted molar refractivity (Wildman–Crippen MR) is 94.3 cm³/mol. The zero-order chi connectivity index (χ0) is 15.3. The summed E-state index contributed by atoms with van der Waals surface area (Å²) in [6, 6.07) is 12.0. The highest BCUT2D eigenvalue weighted by atomic mass is 35.5. The Morgan fingerprint density at radius 3 is 2.59 bits per heavy atom. The van der Waals surface area contributed by atoms with E-state index in [4.69, 9.17) is 34.8 Å². The molecule has 0 amide bonds. The fraction of sp³-hybridized carbons (Fsp3) is 0.222. The van der Waals surface area contributed by atoms with E-state index >= 15 is 0 Å². The number of hydrogen-bond donors (Lipinski definition) is 1. The van der Waals surface area contributed by atoms with Crippen LogP contribution in [0.5, 0.6) is 0 Å². The molecule has 22 heavy (non-hydrogen) atoms. The first-order chi connectivity index (χ1) is 10.6. The van der Waals surface area contributed by atoms with Gasteiger partial charge in [0.2, 0.25) is 0 Å². The molecular weight excluding hydrogens is 337 g/mol. The normalized spacial score (nSPS) is 25.5. The fourth-order valence-corrected chi connectivity index (χ4v) is 4.47. The predicted octanol–water partition coefficient (Wildman–Crippen LogP) is 6.47. The van der Waals surface area contributed by atoms with Crippen LogP contribution in [0.1, 0.15) is 29.5 Å². The van der Waals surface area contributed by atoms with E-state index in [9.17, 15) is 0 Å². The van der Waals surface area contributed by atoms with Gasteiger partial charge in [0, 0.05) is 16.0 Å². The SMILES string of the molecule is Clc1cc(Cl)c2c(c1)[C@@H]1C=CC[C@H]1[C@@H](c1ccccc1Cl)N2. The molecule has 4 rings (SSSR count). The van der Waals surface area contributed by atoms with Crippen LogP contribution in [0.25, 0.3) is 0 Å². The Bertz CT molecular complexity index is 769. The Morgan fingerprint density at radius 2 is 1.77 bits per heavy atom. The van der Waals surface area contributed by atoms with E-state index in [0.717, 1.165) is 22.7 Å². The molecule has 1 aliphatic heterocycles. The molecular formula is C18H14Cl3N. The van der Waals surface area contributed by atoms with Gasteiger partial charge in [0.25, 0.3) is 0 Å². The van der Waals surface area contributed by atoms with Gasteiger partial charge in [-0.3, -0.25) is 0 Å². The lowest BCUT2D eigenvalue weighted by Gasteiger charge is -2.38. The maximum atomic E-state index is 6.43. The third kappa shape index (κ3) is 2.23. The third-order valence-corrected chi connectivity index (χ3v) is 5.49. The molecule has 0 unspecified atom stereocenters. The van der Waals surface area contributed by atoms with Crippen molar-refractivity contribution in [3.05, 3.63) is 74.7 Å². The zero-order valence-electron chi connectivity index (χ0n) is 11.7. The Balaban J connectivity index is 1.86. The molecule has 0 radical (unpaired) electrons. The molecule has 112 valence electrons. The van der Waals surface area contributed by atoms with Crippen LogP contribution >= 0.6 is 34.8 Å². The molecule has 2 aliphatic rings. The van der Waals surface area contributed by atoms with E-state index in [1.165, 1.54) is 5.56 Å². The summed E-state index contributed by atoms with van der Waals surface area (Å²) in [5, 5.41) is 5.74. The van der Waals surface area contributed by atoms with Crippen LogP contribution in [-0.4, -0.2) is 0 Å². The summed E-state index contributed by atoms with van der Waals surface area (Å²) >= 11 is 19.0. The van der Waals surface area contributed by atoms with E-state index in [1.807, 2.05) is 24.3 Å². The molecule has 1 N–H and O–H groups in total. The maximum Gasteiger partial charge on any atom is 0.0655 e. The molecule has 0 spiro atoms. The van der Waals surface area contributed by atoms with Gasteiger partial charge in [-0.25, -0.2) is 0 Å². The lowest BCUT2D eigenvalue weighted by Crippen LogP contribution is -2.29. The highest BCUT2D eigenvalue weighted by Gasteiger charge is 2.39. The van der Waals surface area contributed by atoms with Crippen LogP contribution < -0.4 is 5.32 Å². The summed E-state index contributed by atoms with van der Waals surface area (Å²) in [6.07, 6.45) is 5.53. The van der Waals surface area contributed by atoms with Gasteiger partial charge in [-0.15, -0.1) is 0 Å². The first-order valence-corrected chi connectivity index (χ1v) is 8.45. The maximum absolute atomic E-state index is 6.43. The van der Waals surface area contributed by atoms with Crippen molar-refractivity contribution < 1.29 is 0 Å². The van der Waals surface area contributed by atoms with Crippen molar-refractivity contribution in [3.63, 3.8) is 0 Å². The van der Waals surface area contributed by atoms with Crippen LogP contribution in [0.15, 0.2) is 48.6 Å². The molecule has 0 saturated heterocycles. The molecule has 0 aromatic heterocycles. The van der Waals surface area contributed by atoms with Gasteiger partial charge in [0.1, 0.15) is 0 Å². The Hall–Kier alpha value is -1.15.